The first kappa shape index (κ1) is 21.4. The second kappa shape index (κ2) is 11.0. The minimum atomic E-state index is -1.27. The zero-order valence-corrected chi connectivity index (χ0v) is 13.9. The molecule has 0 aromatic heterocycles. The molecule has 0 amide bonds. The summed E-state index contributed by atoms with van der Waals surface area (Å²) in [5.74, 6) is -2.80. The molecule has 0 saturated carbocycles. The van der Waals surface area contributed by atoms with Gasteiger partial charge in [0.1, 0.15) is 12.7 Å². The van der Waals surface area contributed by atoms with Crippen molar-refractivity contribution in [3.63, 3.8) is 0 Å². The fraction of sp³-hybridized carbons (Fsp3) is 0.643. The van der Waals surface area contributed by atoms with E-state index in [-0.39, 0.29) is 6.42 Å². The minimum Gasteiger partial charge on any atom is -0.462 e. The smallest absolute Gasteiger partial charge is 0.303 e. The van der Waals surface area contributed by atoms with Crippen LogP contribution >= 0.6 is 0 Å². The van der Waals surface area contributed by atoms with Crippen molar-refractivity contribution in [3.05, 3.63) is 0 Å². The fourth-order valence-corrected chi connectivity index (χ4v) is 1.80. The van der Waals surface area contributed by atoms with Crippen LogP contribution in [0, 0.1) is 0 Å². The lowest BCUT2D eigenvalue weighted by molar-refractivity contribution is -0.188. The van der Waals surface area contributed by atoms with Gasteiger partial charge in [0.25, 0.3) is 0 Å². The average Bonchev–Trinajstić information content (AvgIpc) is 2.44. The predicted octanol–water partition coefficient (Wildman–Crippen LogP) is 0.195. The largest absolute Gasteiger partial charge is 0.462 e. The third-order valence-electron chi connectivity index (χ3n) is 2.54. The van der Waals surface area contributed by atoms with E-state index in [1.165, 1.54) is 0 Å². The van der Waals surface area contributed by atoms with Gasteiger partial charge >= 0.3 is 23.9 Å². The molecular weight excluding hydrogens is 326 g/mol. The number of carbonyl (C=O) groups is 4. The number of rotatable bonds is 9. The lowest BCUT2D eigenvalue weighted by Gasteiger charge is -2.31. The third kappa shape index (κ3) is 9.38. The molecule has 3 atom stereocenters. The van der Waals surface area contributed by atoms with E-state index in [1.807, 2.05) is 0 Å². The highest BCUT2D eigenvalue weighted by atomic mass is 16.6. The summed E-state index contributed by atoms with van der Waals surface area (Å²) in [7, 11) is 0. The van der Waals surface area contributed by atoms with Gasteiger partial charge in [0.15, 0.2) is 12.2 Å². The molecule has 0 spiro atoms. The van der Waals surface area contributed by atoms with Gasteiger partial charge in [0.05, 0.1) is 0 Å². The molecule has 136 valence electrons. The molecule has 0 radical (unpaired) electrons. The van der Waals surface area contributed by atoms with Gasteiger partial charge in [-0.05, 0) is 0 Å². The van der Waals surface area contributed by atoms with E-state index in [4.69, 9.17) is 24.2 Å². The van der Waals surface area contributed by atoms with Gasteiger partial charge < -0.3 is 24.2 Å². The minimum absolute atomic E-state index is 0.133. The van der Waals surface area contributed by atoms with Crippen LogP contribution in [0.25, 0.3) is 0 Å². The molecule has 0 fully saturated rings. The third-order valence-corrected chi connectivity index (χ3v) is 2.54. The molecule has 10 heteroatoms. The number of carbonyl (C=O) groups excluding carboxylic acids is 4. The van der Waals surface area contributed by atoms with E-state index in [0.717, 1.165) is 33.9 Å². The summed E-state index contributed by atoms with van der Waals surface area (Å²) in [6.45, 7) is 4.07. The highest BCUT2D eigenvalue weighted by Crippen LogP contribution is 2.17. The quantitative estimate of drug-likeness (QED) is 0.204. The molecule has 1 N–H and O–H groups in total. The van der Waals surface area contributed by atoms with E-state index in [9.17, 15) is 19.2 Å². The van der Waals surface area contributed by atoms with Gasteiger partial charge in [-0.3, -0.25) is 19.2 Å². The molecule has 24 heavy (non-hydrogen) atoms. The van der Waals surface area contributed by atoms with Crippen LogP contribution in [0.1, 0.15) is 34.1 Å². The summed E-state index contributed by atoms with van der Waals surface area (Å²) in [6.07, 6.45) is -2.73. The van der Waals surface area contributed by atoms with Gasteiger partial charge in [0, 0.05) is 40.3 Å². The van der Waals surface area contributed by atoms with Crippen molar-refractivity contribution in [2.75, 3.05) is 6.61 Å². The molecule has 0 bridgehead atoms. The Morgan fingerprint density at radius 3 is 1.79 bits per heavy atom. The number of hydrogen-bond acceptors (Lipinski definition) is 10. The average molecular weight is 347 g/mol. The Morgan fingerprint density at radius 1 is 0.875 bits per heavy atom. The van der Waals surface area contributed by atoms with Gasteiger partial charge in [-0.25, -0.2) is 0 Å². The van der Waals surface area contributed by atoms with Gasteiger partial charge in [0.2, 0.25) is 0 Å². The van der Waals surface area contributed by atoms with Crippen LogP contribution < -0.4 is 0 Å². The van der Waals surface area contributed by atoms with Crippen molar-refractivity contribution in [2.24, 2.45) is 5.16 Å². The van der Waals surface area contributed by atoms with E-state index in [1.54, 1.807) is 0 Å². The Hall–Kier alpha value is -2.65. The molecule has 0 aliphatic rings. The number of hydrogen-bond donors (Lipinski definition) is 1. The standard InChI is InChI=1S/C14H21NO9/c1-8(16)21-7-13(23-10(3)18)14(24-11(4)19)12(5-6-15-20)22-9(2)17/h6,12-14,20H,5,7H2,1-4H3/b15-6+/t12-,13-,14+/m1/s1. The first-order valence-corrected chi connectivity index (χ1v) is 6.98. The second-order valence-electron chi connectivity index (χ2n) is 4.71. The maximum absolute atomic E-state index is 11.4. The maximum atomic E-state index is 11.4. The predicted molar refractivity (Wildman–Crippen MR) is 78.2 cm³/mol. The Kier molecular flexibility index (Phi) is 9.76. The van der Waals surface area contributed by atoms with Crippen molar-refractivity contribution in [2.45, 2.75) is 52.4 Å². The lowest BCUT2D eigenvalue weighted by atomic mass is 10.1. The van der Waals surface area contributed by atoms with Crippen molar-refractivity contribution >= 4 is 30.1 Å². The van der Waals surface area contributed by atoms with Crippen LogP contribution in [-0.4, -0.2) is 60.2 Å². The van der Waals surface area contributed by atoms with Crippen LogP contribution in [-0.2, 0) is 38.1 Å². The van der Waals surface area contributed by atoms with E-state index in [0.29, 0.717) is 0 Å². The molecule has 0 aromatic rings. The van der Waals surface area contributed by atoms with Crippen molar-refractivity contribution in [1.29, 1.82) is 0 Å². The van der Waals surface area contributed by atoms with Gasteiger partial charge in [-0.2, -0.15) is 0 Å². The lowest BCUT2D eigenvalue weighted by Crippen LogP contribution is -2.47. The van der Waals surface area contributed by atoms with Gasteiger partial charge in [-0.1, -0.05) is 0 Å². The summed E-state index contributed by atoms with van der Waals surface area (Å²) in [4.78, 5) is 44.9. The highest BCUT2D eigenvalue weighted by Gasteiger charge is 2.37. The SMILES string of the molecule is CC(=O)OC[C@@H](OC(C)=O)[C@@H](OC(C)=O)[C@@H](C/C=N/O)OC(C)=O. The Balaban J connectivity index is 5.53. The topological polar surface area (TPSA) is 138 Å². The van der Waals surface area contributed by atoms with Crippen LogP contribution in [0.15, 0.2) is 5.16 Å². The zero-order valence-electron chi connectivity index (χ0n) is 13.9. The summed E-state index contributed by atoms with van der Waals surface area (Å²) in [5, 5.41) is 11.3. The zero-order chi connectivity index (χ0) is 18.7. The Bertz CT molecular complexity index is 489. The highest BCUT2D eigenvalue weighted by molar-refractivity contribution is 5.69. The number of ether oxygens (including phenoxy) is 4. The molecule has 0 aliphatic carbocycles. The first-order chi connectivity index (χ1) is 11.2. The molecule has 0 unspecified atom stereocenters. The van der Waals surface area contributed by atoms with Crippen LogP contribution in [0.2, 0.25) is 0 Å². The monoisotopic (exact) mass is 347 g/mol. The molecule has 0 heterocycles. The molecule has 0 aromatic carbocycles. The summed E-state index contributed by atoms with van der Waals surface area (Å²) in [6, 6.07) is 0. The first-order valence-electron chi connectivity index (χ1n) is 6.98. The normalized spacial score (nSPS) is 14.3. The van der Waals surface area contributed by atoms with Crippen molar-refractivity contribution in [3.8, 4) is 0 Å². The summed E-state index contributed by atoms with van der Waals surface area (Å²) in [5.41, 5.74) is 0. The van der Waals surface area contributed by atoms with Crippen LogP contribution in [0.4, 0.5) is 0 Å². The van der Waals surface area contributed by atoms with E-state index in [2.05, 4.69) is 5.16 Å². The van der Waals surface area contributed by atoms with E-state index < -0.39 is 48.8 Å². The number of nitrogens with zero attached hydrogens (tertiary/aromatic N) is 1. The molecule has 0 saturated heterocycles. The number of esters is 4. The second-order valence-corrected chi connectivity index (χ2v) is 4.71. The summed E-state index contributed by atoms with van der Waals surface area (Å²) < 4.78 is 19.9. The van der Waals surface area contributed by atoms with Crippen LogP contribution in [0.3, 0.4) is 0 Å². The Morgan fingerprint density at radius 2 is 1.38 bits per heavy atom. The summed E-state index contributed by atoms with van der Waals surface area (Å²) >= 11 is 0. The van der Waals surface area contributed by atoms with Crippen molar-refractivity contribution < 1.29 is 43.3 Å². The van der Waals surface area contributed by atoms with Crippen molar-refractivity contribution in [1.82, 2.24) is 0 Å². The van der Waals surface area contributed by atoms with Gasteiger partial charge in [-0.15, -0.1) is 5.16 Å². The molecule has 0 aliphatic heterocycles. The molecule has 10 nitrogen and oxygen atoms in total. The number of oxime groups is 1. The molecule has 0 rings (SSSR count). The fourth-order valence-electron chi connectivity index (χ4n) is 1.80. The van der Waals surface area contributed by atoms with E-state index >= 15 is 0 Å². The maximum Gasteiger partial charge on any atom is 0.303 e. The Labute approximate surface area is 138 Å². The van der Waals surface area contributed by atoms with Crippen LogP contribution in [0.5, 0.6) is 0 Å². The molecular formula is C14H21NO9.